The van der Waals surface area contributed by atoms with Crippen LogP contribution in [0.5, 0.6) is 6.01 Å². The Hall–Kier alpha value is -1.07. The zero-order chi connectivity index (χ0) is 12.1. The molecule has 0 unspecified atom stereocenters. The maximum absolute atomic E-state index is 5.71. The minimum absolute atomic E-state index is 0.0330. The molecule has 0 amide bonds. The average molecular weight is 263 g/mol. The fourth-order valence-electron chi connectivity index (χ4n) is 0.849. The number of hydrogen-bond acceptors (Lipinski definition) is 5. The van der Waals surface area contributed by atoms with Crippen molar-refractivity contribution in [2.75, 3.05) is 11.9 Å². The summed E-state index contributed by atoms with van der Waals surface area (Å²) in [7, 11) is 0. The van der Waals surface area contributed by atoms with E-state index >= 15 is 0 Å². The van der Waals surface area contributed by atoms with Gasteiger partial charge in [-0.05, 0) is 25.4 Å². The maximum Gasteiger partial charge on any atom is 0.322 e. The lowest BCUT2D eigenvalue weighted by Crippen LogP contribution is -2.12. The monoisotopic (exact) mass is 262 g/mol. The largest absolute Gasteiger partial charge is 0.461 e. The van der Waals surface area contributed by atoms with E-state index in [1.807, 2.05) is 13.8 Å². The van der Waals surface area contributed by atoms with Gasteiger partial charge in [0.2, 0.25) is 11.2 Å². The summed E-state index contributed by atoms with van der Waals surface area (Å²) in [6.45, 7) is 7.61. The molecule has 0 aliphatic heterocycles. The first-order chi connectivity index (χ1) is 7.47. The Morgan fingerprint density at radius 1 is 1.44 bits per heavy atom. The first-order valence-electron chi connectivity index (χ1n) is 4.62. The summed E-state index contributed by atoms with van der Waals surface area (Å²) < 4.78 is 5.30. The second-order valence-corrected chi connectivity index (χ2v) is 4.12. The Morgan fingerprint density at radius 2 is 2.12 bits per heavy atom. The van der Waals surface area contributed by atoms with Gasteiger partial charge in [0, 0.05) is 5.03 Å². The van der Waals surface area contributed by atoms with Crippen molar-refractivity contribution in [1.29, 1.82) is 0 Å². The summed E-state index contributed by atoms with van der Waals surface area (Å²) in [5.41, 5.74) is 0. The lowest BCUT2D eigenvalue weighted by atomic mass is 10.5. The Balaban J connectivity index is 2.77. The second-order valence-electron chi connectivity index (χ2n) is 3.25. The lowest BCUT2D eigenvalue weighted by Gasteiger charge is -2.09. The molecule has 1 rings (SSSR count). The van der Waals surface area contributed by atoms with E-state index in [0.29, 0.717) is 17.5 Å². The molecular weight excluding hydrogens is 251 g/mol. The van der Waals surface area contributed by atoms with Gasteiger partial charge in [0.25, 0.3) is 0 Å². The Bertz CT molecular complexity index is 384. The molecule has 0 radical (unpaired) electrons. The number of halogens is 2. The normalized spacial score (nSPS) is 10.3. The van der Waals surface area contributed by atoms with E-state index < -0.39 is 0 Å². The molecule has 0 saturated carbocycles. The van der Waals surface area contributed by atoms with E-state index in [9.17, 15) is 0 Å². The molecule has 7 heteroatoms. The number of nitrogens with zero attached hydrogens (tertiary/aromatic N) is 3. The lowest BCUT2D eigenvalue weighted by molar-refractivity contribution is 0.222. The fourth-order valence-corrected chi connectivity index (χ4v) is 1.07. The number of anilines is 1. The molecule has 88 valence electrons. The van der Waals surface area contributed by atoms with Crippen LogP contribution in [0.15, 0.2) is 11.6 Å². The average Bonchev–Trinajstić information content (AvgIpc) is 2.12. The number of ether oxygens (including phenoxy) is 1. The fraction of sp³-hybridized carbons (Fsp3) is 0.444. The SMILES string of the molecule is C=C(Cl)CNc1nc(Cl)nc(OC(C)C)n1. The summed E-state index contributed by atoms with van der Waals surface area (Å²) in [5, 5.41) is 3.35. The molecule has 5 nitrogen and oxygen atoms in total. The van der Waals surface area contributed by atoms with Crippen molar-refractivity contribution >= 4 is 29.2 Å². The number of rotatable bonds is 5. The van der Waals surface area contributed by atoms with Crippen LogP contribution in [-0.4, -0.2) is 27.6 Å². The van der Waals surface area contributed by atoms with Crippen LogP contribution in [0.25, 0.3) is 0 Å². The number of hydrogen-bond donors (Lipinski definition) is 1. The second kappa shape index (κ2) is 5.86. The van der Waals surface area contributed by atoms with Crippen molar-refractivity contribution in [3.8, 4) is 6.01 Å². The predicted molar refractivity (Wildman–Crippen MR) is 64.1 cm³/mol. The van der Waals surface area contributed by atoms with Crippen molar-refractivity contribution in [1.82, 2.24) is 15.0 Å². The van der Waals surface area contributed by atoms with Crippen molar-refractivity contribution in [2.45, 2.75) is 20.0 Å². The molecular formula is C9H12Cl2N4O. The van der Waals surface area contributed by atoms with Crippen LogP contribution in [0.2, 0.25) is 5.28 Å². The van der Waals surface area contributed by atoms with E-state index in [0.717, 1.165) is 0 Å². The highest BCUT2D eigenvalue weighted by molar-refractivity contribution is 6.29. The highest BCUT2D eigenvalue weighted by Crippen LogP contribution is 2.13. The summed E-state index contributed by atoms with van der Waals surface area (Å²) in [5.74, 6) is 0.303. The van der Waals surface area contributed by atoms with Gasteiger partial charge in [0.15, 0.2) is 0 Å². The first kappa shape index (κ1) is 13.0. The van der Waals surface area contributed by atoms with Crippen LogP contribution in [0.4, 0.5) is 5.95 Å². The van der Waals surface area contributed by atoms with Crippen LogP contribution in [0.3, 0.4) is 0 Å². The zero-order valence-corrected chi connectivity index (χ0v) is 10.5. The van der Waals surface area contributed by atoms with Crippen LogP contribution in [0.1, 0.15) is 13.8 Å². The van der Waals surface area contributed by atoms with E-state index in [1.165, 1.54) is 0 Å². The van der Waals surface area contributed by atoms with E-state index in [1.54, 1.807) is 0 Å². The van der Waals surface area contributed by atoms with Gasteiger partial charge >= 0.3 is 6.01 Å². The Morgan fingerprint density at radius 3 is 2.69 bits per heavy atom. The molecule has 1 heterocycles. The molecule has 0 aromatic carbocycles. The molecule has 16 heavy (non-hydrogen) atoms. The molecule has 1 aromatic heterocycles. The zero-order valence-electron chi connectivity index (χ0n) is 9.00. The minimum atomic E-state index is -0.0330. The smallest absolute Gasteiger partial charge is 0.322 e. The van der Waals surface area contributed by atoms with Crippen molar-refractivity contribution in [3.05, 3.63) is 16.9 Å². The minimum Gasteiger partial charge on any atom is -0.461 e. The molecule has 0 aliphatic carbocycles. The highest BCUT2D eigenvalue weighted by Gasteiger charge is 2.07. The third-order valence-electron chi connectivity index (χ3n) is 1.37. The van der Waals surface area contributed by atoms with Gasteiger partial charge in [-0.1, -0.05) is 18.2 Å². The molecule has 0 spiro atoms. The van der Waals surface area contributed by atoms with Crippen LogP contribution in [0, 0.1) is 0 Å². The molecule has 1 aromatic rings. The summed E-state index contributed by atoms with van der Waals surface area (Å²) in [6.07, 6.45) is -0.0330. The van der Waals surface area contributed by atoms with Gasteiger partial charge in [0.1, 0.15) is 0 Å². The van der Waals surface area contributed by atoms with Crippen LogP contribution in [-0.2, 0) is 0 Å². The summed E-state index contributed by atoms with van der Waals surface area (Å²) >= 11 is 11.3. The van der Waals surface area contributed by atoms with Gasteiger partial charge in [-0.25, -0.2) is 0 Å². The quantitative estimate of drug-likeness (QED) is 0.884. The predicted octanol–water partition coefficient (Wildman–Crippen LogP) is 2.48. The van der Waals surface area contributed by atoms with Crippen molar-refractivity contribution < 1.29 is 4.74 Å². The molecule has 0 fully saturated rings. The van der Waals surface area contributed by atoms with Crippen molar-refractivity contribution in [3.63, 3.8) is 0 Å². The van der Waals surface area contributed by atoms with Crippen molar-refractivity contribution in [2.24, 2.45) is 0 Å². The summed E-state index contributed by atoms with van der Waals surface area (Å²) in [4.78, 5) is 11.7. The first-order valence-corrected chi connectivity index (χ1v) is 5.38. The third kappa shape index (κ3) is 4.63. The molecule has 0 aliphatic rings. The van der Waals surface area contributed by atoms with E-state index in [2.05, 4.69) is 26.8 Å². The molecule has 0 atom stereocenters. The Kier molecular flexibility index (Phi) is 4.76. The highest BCUT2D eigenvalue weighted by atomic mass is 35.5. The third-order valence-corrected chi connectivity index (χ3v) is 1.67. The molecule has 1 N–H and O–H groups in total. The van der Waals surface area contributed by atoms with Gasteiger partial charge in [-0.2, -0.15) is 15.0 Å². The Labute approximate surface area is 104 Å². The number of nitrogens with one attached hydrogen (secondary N) is 1. The topological polar surface area (TPSA) is 59.9 Å². The summed E-state index contributed by atoms with van der Waals surface area (Å²) in [6, 6.07) is 0.178. The number of aromatic nitrogens is 3. The molecule has 0 saturated heterocycles. The molecule has 0 bridgehead atoms. The van der Waals surface area contributed by atoms with Gasteiger partial charge in [-0.15, -0.1) is 0 Å². The van der Waals surface area contributed by atoms with E-state index in [-0.39, 0.29) is 17.4 Å². The van der Waals surface area contributed by atoms with Gasteiger partial charge in [0.05, 0.1) is 12.6 Å². The standard InChI is InChI=1S/C9H12Cl2N4O/c1-5(2)16-9-14-7(11)13-8(15-9)12-4-6(3)10/h5H,3-4H2,1-2H3,(H,12,13,14,15). The van der Waals surface area contributed by atoms with Gasteiger partial charge in [-0.3, -0.25) is 0 Å². The van der Waals surface area contributed by atoms with Gasteiger partial charge < -0.3 is 10.1 Å². The van der Waals surface area contributed by atoms with Crippen LogP contribution < -0.4 is 10.1 Å². The maximum atomic E-state index is 5.71. The van der Waals surface area contributed by atoms with E-state index in [4.69, 9.17) is 27.9 Å². The van der Waals surface area contributed by atoms with Crippen LogP contribution >= 0.6 is 23.2 Å².